The summed E-state index contributed by atoms with van der Waals surface area (Å²) < 4.78 is 79.4. The third-order valence-electron chi connectivity index (χ3n) is 11.8. The Morgan fingerprint density at radius 2 is 1.75 bits per heavy atom. The Kier molecular flexibility index (Phi) is 11.2. The second-order valence-corrected chi connectivity index (χ2v) is 18.3. The quantitative estimate of drug-likeness (QED) is 0.328. The van der Waals surface area contributed by atoms with Gasteiger partial charge in [-0.25, -0.2) is 17.9 Å². The maximum atomic E-state index is 15.0. The highest BCUT2D eigenvalue weighted by Crippen LogP contribution is 2.47. The van der Waals surface area contributed by atoms with Crippen LogP contribution in [-0.2, 0) is 31.0 Å². The number of fused-ring (bicyclic) bond motifs is 3. The summed E-state index contributed by atoms with van der Waals surface area (Å²) in [5.41, 5.74) is -5.16. The molecule has 19 heteroatoms. The third-order valence-corrected chi connectivity index (χ3v) is 13.6. The zero-order chi connectivity index (χ0) is 41.8. The van der Waals surface area contributed by atoms with Gasteiger partial charge >= 0.3 is 12.3 Å². The number of benzene rings is 1. The molecule has 2 aliphatic heterocycles. The van der Waals surface area contributed by atoms with Crippen molar-refractivity contribution in [2.24, 2.45) is 17.8 Å². The molecule has 3 heterocycles. The van der Waals surface area contributed by atoms with Crippen molar-refractivity contribution in [3.8, 4) is 5.88 Å². The lowest BCUT2D eigenvalue weighted by molar-refractivity contribution is -0.222. The van der Waals surface area contributed by atoms with Crippen molar-refractivity contribution in [2.75, 3.05) is 6.54 Å². The molecule has 4 aliphatic rings. The molecule has 1 aromatic heterocycles. The molecule has 4 amide bonds. The molecule has 0 bridgehead atoms. The molecular weight excluding hydrogens is 774 g/mol. The molecule has 2 aliphatic carbocycles. The van der Waals surface area contributed by atoms with E-state index in [4.69, 9.17) is 4.74 Å². The van der Waals surface area contributed by atoms with Gasteiger partial charge in [-0.3, -0.25) is 28.8 Å². The Labute approximate surface area is 328 Å². The average Bonchev–Trinajstić information content (AvgIpc) is 4.06. The van der Waals surface area contributed by atoms with Crippen molar-refractivity contribution in [2.45, 2.75) is 127 Å². The summed E-state index contributed by atoms with van der Waals surface area (Å²) in [5.74, 6) is -4.73. The minimum absolute atomic E-state index is 0.00900. The number of hydrogen-bond donors (Lipinski definition) is 3. The molecule has 15 nitrogen and oxygen atoms in total. The van der Waals surface area contributed by atoms with Gasteiger partial charge in [0.15, 0.2) is 0 Å². The van der Waals surface area contributed by atoms with Crippen LogP contribution >= 0.6 is 0 Å². The number of aromatic nitrogens is 2. The Bertz CT molecular complexity index is 2140. The molecule has 0 unspecified atom stereocenters. The second-order valence-electron chi connectivity index (χ2n) is 16.4. The van der Waals surface area contributed by atoms with E-state index in [0.29, 0.717) is 44.9 Å². The molecule has 6 rings (SSSR count). The van der Waals surface area contributed by atoms with E-state index >= 15 is 0 Å². The maximum absolute atomic E-state index is 15.0. The molecular formula is C38H49F3N6O9S. The number of carboxylic acid groups (broad SMARTS) is 1. The van der Waals surface area contributed by atoms with Gasteiger partial charge in [0.1, 0.15) is 29.3 Å². The topological polar surface area (TPSA) is 197 Å². The largest absolute Gasteiger partial charge is 0.471 e. The molecule has 1 saturated heterocycles. The smallest absolute Gasteiger partial charge is 0.411 e. The maximum Gasteiger partial charge on any atom is 0.411 e. The lowest BCUT2D eigenvalue weighted by Gasteiger charge is -2.45. The van der Waals surface area contributed by atoms with Gasteiger partial charge in [-0.05, 0) is 83.3 Å². The summed E-state index contributed by atoms with van der Waals surface area (Å²) in [4.78, 5) is 70.3. The van der Waals surface area contributed by atoms with Crippen molar-refractivity contribution in [1.82, 2.24) is 29.6 Å². The minimum Gasteiger partial charge on any atom is -0.471 e. The van der Waals surface area contributed by atoms with Crippen LogP contribution in [0, 0.1) is 17.8 Å². The van der Waals surface area contributed by atoms with E-state index in [2.05, 4.69) is 15.1 Å². The highest BCUT2D eigenvalue weighted by atomic mass is 32.2. The summed E-state index contributed by atoms with van der Waals surface area (Å²) in [7, 11) is -4.04. The van der Waals surface area contributed by atoms with Crippen LogP contribution in [0.2, 0.25) is 0 Å². The van der Waals surface area contributed by atoms with Gasteiger partial charge in [0.25, 0.3) is 11.5 Å². The Morgan fingerprint density at radius 3 is 2.37 bits per heavy atom. The van der Waals surface area contributed by atoms with E-state index in [0.717, 1.165) is 4.90 Å². The van der Waals surface area contributed by atoms with Crippen LogP contribution in [0.1, 0.15) is 79.6 Å². The van der Waals surface area contributed by atoms with Crippen molar-refractivity contribution in [3.63, 3.8) is 0 Å². The van der Waals surface area contributed by atoms with Crippen molar-refractivity contribution in [3.05, 3.63) is 46.8 Å². The molecule has 312 valence electrons. The summed E-state index contributed by atoms with van der Waals surface area (Å²) in [5, 5.41) is 17.4. The summed E-state index contributed by atoms with van der Waals surface area (Å²) in [6.07, 6.45) is -3.02. The molecule has 0 radical (unpaired) electrons. The first-order chi connectivity index (χ1) is 26.6. The van der Waals surface area contributed by atoms with Gasteiger partial charge < -0.3 is 20.1 Å². The molecule has 3 N–H and O–H groups in total. The van der Waals surface area contributed by atoms with Crippen LogP contribution in [0.4, 0.5) is 18.0 Å². The van der Waals surface area contributed by atoms with Crippen LogP contribution in [0.5, 0.6) is 5.88 Å². The SMILES string of the molecule is CCn1nc(O[C@@H]2C[C@H]3C(=O)N[C@]4(C(=O)NS(=O)(=O)C5CC5)C[C@H]4C=CCC[C@@H](C)C[C@@H](C)[C@H](N(C(=O)O)C(C)(C)C(F)(F)F)C(=O)N3C2)c2ccccc2c1=O. The third kappa shape index (κ3) is 8.08. The van der Waals surface area contributed by atoms with Crippen LogP contribution in [0.3, 0.4) is 0 Å². The fourth-order valence-electron chi connectivity index (χ4n) is 8.15. The number of carbonyl (C=O) groups is 4. The number of hydrogen-bond acceptors (Lipinski definition) is 9. The molecule has 57 heavy (non-hydrogen) atoms. The number of ether oxygens (including phenoxy) is 1. The predicted molar refractivity (Wildman–Crippen MR) is 200 cm³/mol. The molecule has 2 saturated carbocycles. The van der Waals surface area contributed by atoms with Crippen molar-refractivity contribution in [1.29, 1.82) is 0 Å². The predicted octanol–water partition coefficient (Wildman–Crippen LogP) is 3.95. The summed E-state index contributed by atoms with van der Waals surface area (Å²) in [6, 6.07) is 3.07. The van der Waals surface area contributed by atoms with Crippen LogP contribution in [0.15, 0.2) is 41.2 Å². The van der Waals surface area contributed by atoms with E-state index in [-0.39, 0.29) is 53.5 Å². The van der Waals surface area contributed by atoms with Gasteiger partial charge in [-0.15, -0.1) is 5.10 Å². The number of halogens is 3. The first kappa shape index (κ1) is 41.9. The van der Waals surface area contributed by atoms with Crippen molar-refractivity contribution >= 4 is 44.6 Å². The highest BCUT2D eigenvalue weighted by molar-refractivity contribution is 7.91. The Morgan fingerprint density at radius 1 is 1.09 bits per heavy atom. The van der Waals surface area contributed by atoms with Gasteiger partial charge in [-0.2, -0.15) is 13.2 Å². The van der Waals surface area contributed by atoms with Gasteiger partial charge in [0, 0.05) is 18.9 Å². The van der Waals surface area contributed by atoms with Crippen LogP contribution in [-0.4, -0.2) is 104 Å². The minimum atomic E-state index is -5.11. The first-order valence-electron chi connectivity index (χ1n) is 19.2. The Balaban J connectivity index is 1.44. The van der Waals surface area contributed by atoms with E-state index in [1.165, 1.54) is 11.6 Å². The molecule has 0 spiro atoms. The van der Waals surface area contributed by atoms with E-state index in [9.17, 15) is 50.7 Å². The van der Waals surface area contributed by atoms with Crippen molar-refractivity contribution < 1.29 is 50.6 Å². The first-order valence-corrected chi connectivity index (χ1v) is 20.8. The number of sulfonamides is 1. The number of carbonyl (C=O) groups excluding carboxylic acids is 3. The normalized spacial score (nSPS) is 28.7. The number of aryl methyl sites for hydroxylation is 1. The summed E-state index contributed by atoms with van der Waals surface area (Å²) >= 11 is 0. The highest BCUT2D eigenvalue weighted by Gasteiger charge is 2.63. The Hall–Kier alpha value is -4.68. The zero-order valence-electron chi connectivity index (χ0n) is 32.4. The number of allylic oxidation sites excluding steroid dienone is 1. The summed E-state index contributed by atoms with van der Waals surface area (Å²) in [6.45, 7) is 6.16. The number of rotatable bonds is 8. The fraction of sp³-hybridized carbons (Fsp3) is 0.632. The number of amides is 4. The molecule has 3 fully saturated rings. The van der Waals surface area contributed by atoms with Crippen LogP contribution < -0.4 is 20.3 Å². The van der Waals surface area contributed by atoms with E-state index < -0.39 is 92.9 Å². The van der Waals surface area contributed by atoms with Crippen LogP contribution in [0.25, 0.3) is 10.8 Å². The molecule has 2 aromatic rings. The average molecular weight is 823 g/mol. The molecule has 1 aromatic carbocycles. The zero-order valence-corrected chi connectivity index (χ0v) is 33.2. The van der Waals surface area contributed by atoms with E-state index in [1.807, 2.05) is 6.92 Å². The lowest BCUT2D eigenvalue weighted by atomic mass is 9.85. The lowest BCUT2D eigenvalue weighted by Crippen LogP contribution is -2.66. The fourth-order valence-corrected chi connectivity index (χ4v) is 9.51. The standard InChI is InChI=1S/C38H49F3N6O9S/c1-6-46-32(49)27-14-10-9-13-26(27)31(43-46)56-24-18-28-30(48)42-37(34(51)44-57(54,55)25-15-16-25)19-23(37)12-8-7-11-21(2)17-22(3)29(33(50)45(28)20-24)47(35(52)53)36(4,5)38(39,40)41/h8-10,12-14,21-25,28-29H,6-7,11,15-20H2,1-5H3,(H,42,48)(H,44,51)(H,52,53)/t21-,22-,23-,24-,28+,29+,37-/m1/s1. The van der Waals surface area contributed by atoms with Gasteiger partial charge in [-0.1, -0.05) is 38.1 Å². The number of alkyl halides is 3. The van der Waals surface area contributed by atoms with Gasteiger partial charge in [0.2, 0.25) is 27.7 Å². The van der Waals surface area contributed by atoms with E-state index in [1.54, 1.807) is 43.3 Å². The number of nitrogens with zero attached hydrogens (tertiary/aromatic N) is 4. The van der Waals surface area contributed by atoms with Gasteiger partial charge in [0.05, 0.1) is 22.6 Å². The molecule has 7 atom stereocenters. The second kappa shape index (κ2) is 15.2. The number of nitrogens with one attached hydrogen (secondary N) is 2. The monoisotopic (exact) mass is 822 g/mol.